The van der Waals surface area contributed by atoms with Gasteiger partial charge >= 0.3 is 18.0 Å². The van der Waals surface area contributed by atoms with Crippen LogP contribution in [0.2, 0.25) is 0 Å². The Balaban J connectivity index is 1.69. The van der Waals surface area contributed by atoms with Crippen molar-refractivity contribution in [1.29, 1.82) is 0 Å². The maximum atomic E-state index is 13.2. The Morgan fingerprint density at radius 2 is 1.91 bits per heavy atom. The first-order chi connectivity index (χ1) is 16.4. The summed E-state index contributed by atoms with van der Waals surface area (Å²) in [7, 11) is 0. The van der Waals surface area contributed by atoms with Gasteiger partial charge in [0.1, 0.15) is 6.61 Å². The molecule has 0 radical (unpaired) electrons. The van der Waals surface area contributed by atoms with Crippen LogP contribution in [0.3, 0.4) is 0 Å². The highest BCUT2D eigenvalue weighted by Gasteiger charge is 2.26. The van der Waals surface area contributed by atoms with Crippen molar-refractivity contribution in [2.75, 3.05) is 19.8 Å². The maximum absolute atomic E-state index is 13.2. The third-order valence-corrected chi connectivity index (χ3v) is 5.27. The van der Waals surface area contributed by atoms with Crippen LogP contribution in [0.1, 0.15) is 37.2 Å². The van der Waals surface area contributed by atoms with Gasteiger partial charge < -0.3 is 20.1 Å². The highest BCUT2D eigenvalue weighted by atomic mass is 16.5. The molecule has 176 valence electrons. The van der Waals surface area contributed by atoms with Gasteiger partial charge in [0.05, 0.1) is 47.3 Å². The van der Waals surface area contributed by atoms with Crippen molar-refractivity contribution >= 4 is 29.0 Å². The van der Waals surface area contributed by atoms with Gasteiger partial charge in [0.15, 0.2) is 5.65 Å². The third kappa shape index (κ3) is 4.61. The van der Waals surface area contributed by atoms with Crippen LogP contribution in [0, 0.1) is 0 Å². The standard InChI is InChI=1S/C24H25N5O5/c1-4-33-23(31)18-11-25-24(32)28-20(18)13-34-22(30)16-10-19(15-8-6-5-7-9-15)27-21-17(16)12-26-29(21)14(2)3/h5-10,12,14H,4,11,13H2,1-3H3,(H2,25,28,32). The fourth-order valence-electron chi connectivity index (χ4n) is 3.61. The molecule has 2 N–H and O–H groups in total. The number of ether oxygens (including phenoxy) is 2. The van der Waals surface area contributed by atoms with E-state index in [0.717, 1.165) is 5.56 Å². The van der Waals surface area contributed by atoms with E-state index in [1.807, 2.05) is 44.2 Å². The number of amides is 2. The number of rotatable bonds is 7. The first-order valence-electron chi connectivity index (χ1n) is 10.9. The SMILES string of the molecule is CCOC(=O)C1=C(COC(=O)c2cc(-c3ccccc3)nc3c2cnn3C(C)C)NC(=O)NC1. The number of pyridine rings is 1. The van der Waals surface area contributed by atoms with E-state index < -0.39 is 18.0 Å². The molecule has 0 bridgehead atoms. The molecule has 0 aliphatic carbocycles. The number of benzene rings is 1. The quantitative estimate of drug-likeness (QED) is 0.516. The van der Waals surface area contributed by atoms with E-state index in [0.29, 0.717) is 16.7 Å². The predicted octanol–water partition coefficient (Wildman–Crippen LogP) is 2.97. The summed E-state index contributed by atoms with van der Waals surface area (Å²) in [6.07, 6.45) is 1.59. The molecule has 1 aliphatic rings. The highest BCUT2D eigenvalue weighted by molar-refractivity contribution is 6.04. The molecule has 10 nitrogen and oxygen atoms in total. The molecule has 1 aromatic carbocycles. The van der Waals surface area contributed by atoms with Crippen molar-refractivity contribution in [3.05, 3.63) is 59.4 Å². The summed E-state index contributed by atoms with van der Waals surface area (Å²) in [6, 6.07) is 10.7. The fourth-order valence-corrected chi connectivity index (χ4v) is 3.61. The highest BCUT2D eigenvalue weighted by Crippen LogP contribution is 2.27. The Hall–Kier alpha value is -4.21. The molecule has 0 spiro atoms. The number of urea groups is 1. The first-order valence-corrected chi connectivity index (χ1v) is 10.9. The van der Waals surface area contributed by atoms with Gasteiger partial charge in [-0.25, -0.2) is 24.0 Å². The lowest BCUT2D eigenvalue weighted by atomic mass is 10.1. The zero-order chi connectivity index (χ0) is 24.2. The van der Waals surface area contributed by atoms with Crippen molar-refractivity contribution in [2.24, 2.45) is 0 Å². The molecule has 4 rings (SSSR count). The summed E-state index contributed by atoms with van der Waals surface area (Å²) in [5, 5.41) is 9.99. The van der Waals surface area contributed by atoms with Crippen LogP contribution in [-0.4, -0.2) is 52.5 Å². The van der Waals surface area contributed by atoms with E-state index >= 15 is 0 Å². The number of nitrogens with one attached hydrogen (secondary N) is 2. The Morgan fingerprint density at radius 1 is 1.15 bits per heavy atom. The molecule has 2 amide bonds. The topological polar surface area (TPSA) is 124 Å². The zero-order valence-electron chi connectivity index (χ0n) is 19.1. The van der Waals surface area contributed by atoms with Gasteiger partial charge in [-0.15, -0.1) is 0 Å². The second-order valence-corrected chi connectivity index (χ2v) is 7.90. The normalized spacial score (nSPS) is 13.6. The molecule has 0 unspecified atom stereocenters. The molecule has 3 heterocycles. The van der Waals surface area contributed by atoms with Crippen molar-refractivity contribution in [2.45, 2.75) is 26.8 Å². The second-order valence-electron chi connectivity index (χ2n) is 7.90. The molecule has 34 heavy (non-hydrogen) atoms. The van der Waals surface area contributed by atoms with Crippen LogP contribution in [0.15, 0.2) is 53.9 Å². The molecule has 0 saturated carbocycles. The van der Waals surface area contributed by atoms with Crippen LogP contribution in [0.25, 0.3) is 22.3 Å². The number of carbonyl (C=O) groups excluding carboxylic acids is 3. The van der Waals surface area contributed by atoms with Gasteiger partial charge in [0, 0.05) is 11.6 Å². The Morgan fingerprint density at radius 3 is 2.62 bits per heavy atom. The van der Waals surface area contributed by atoms with Crippen molar-refractivity contribution < 1.29 is 23.9 Å². The molecule has 2 aromatic heterocycles. The predicted molar refractivity (Wildman–Crippen MR) is 124 cm³/mol. The van der Waals surface area contributed by atoms with Crippen LogP contribution < -0.4 is 10.6 Å². The smallest absolute Gasteiger partial charge is 0.339 e. The van der Waals surface area contributed by atoms with Gasteiger partial charge in [0.25, 0.3) is 0 Å². The Bertz CT molecular complexity index is 1280. The van der Waals surface area contributed by atoms with Gasteiger partial charge in [-0.2, -0.15) is 5.10 Å². The summed E-state index contributed by atoms with van der Waals surface area (Å²) in [5.74, 6) is -1.21. The van der Waals surface area contributed by atoms with E-state index in [2.05, 4.69) is 15.7 Å². The van der Waals surface area contributed by atoms with Crippen LogP contribution >= 0.6 is 0 Å². The maximum Gasteiger partial charge on any atom is 0.339 e. The molecule has 10 heteroatoms. The van der Waals surface area contributed by atoms with Crippen LogP contribution in [-0.2, 0) is 14.3 Å². The fraction of sp³-hybridized carbons (Fsp3) is 0.292. The summed E-state index contributed by atoms with van der Waals surface area (Å²) in [4.78, 5) is 42.0. The average Bonchev–Trinajstić information content (AvgIpc) is 3.27. The molecule has 3 aromatic rings. The monoisotopic (exact) mass is 463 g/mol. The minimum Gasteiger partial charge on any atom is -0.463 e. The molecular weight excluding hydrogens is 438 g/mol. The minimum absolute atomic E-state index is 0.0175. The molecule has 0 atom stereocenters. The number of nitrogens with zero attached hydrogens (tertiary/aromatic N) is 3. The van der Waals surface area contributed by atoms with Crippen molar-refractivity contribution in [3.63, 3.8) is 0 Å². The van der Waals surface area contributed by atoms with E-state index in [-0.39, 0.29) is 42.6 Å². The number of hydrogen-bond donors (Lipinski definition) is 2. The molecule has 1 aliphatic heterocycles. The van der Waals surface area contributed by atoms with E-state index in [1.165, 1.54) is 0 Å². The minimum atomic E-state index is -0.628. The number of hydrogen-bond acceptors (Lipinski definition) is 7. The van der Waals surface area contributed by atoms with Gasteiger partial charge in [-0.3, -0.25) is 0 Å². The molecule has 0 saturated heterocycles. The summed E-state index contributed by atoms with van der Waals surface area (Å²) in [5.41, 5.74) is 2.67. The van der Waals surface area contributed by atoms with Gasteiger partial charge in [-0.1, -0.05) is 30.3 Å². The Kier molecular flexibility index (Phi) is 6.58. The lowest BCUT2D eigenvalue weighted by Gasteiger charge is -2.21. The summed E-state index contributed by atoms with van der Waals surface area (Å²) < 4.78 is 12.3. The van der Waals surface area contributed by atoms with E-state index in [1.54, 1.807) is 23.9 Å². The average molecular weight is 463 g/mol. The van der Waals surface area contributed by atoms with Gasteiger partial charge in [-0.05, 0) is 26.8 Å². The number of carbonyl (C=O) groups is 3. The van der Waals surface area contributed by atoms with Crippen LogP contribution in [0.5, 0.6) is 0 Å². The first kappa shape index (κ1) is 23.0. The summed E-state index contributed by atoms with van der Waals surface area (Å²) in [6.45, 7) is 5.50. The molecule has 0 fully saturated rings. The largest absolute Gasteiger partial charge is 0.463 e. The van der Waals surface area contributed by atoms with E-state index in [9.17, 15) is 14.4 Å². The number of esters is 2. The second kappa shape index (κ2) is 9.74. The van der Waals surface area contributed by atoms with Crippen molar-refractivity contribution in [3.8, 4) is 11.3 Å². The third-order valence-electron chi connectivity index (χ3n) is 5.27. The van der Waals surface area contributed by atoms with Gasteiger partial charge in [0.2, 0.25) is 0 Å². The Labute approximate surface area is 195 Å². The number of aromatic nitrogens is 3. The summed E-state index contributed by atoms with van der Waals surface area (Å²) >= 11 is 0. The molecular formula is C24H25N5O5. The zero-order valence-corrected chi connectivity index (χ0v) is 19.1. The lowest BCUT2D eigenvalue weighted by Crippen LogP contribution is -2.45. The van der Waals surface area contributed by atoms with Crippen molar-refractivity contribution in [1.82, 2.24) is 25.4 Å². The van der Waals surface area contributed by atoms with Crippen LogP contribution in [0.4, 0.5) is 4.79 Å². The number of fused-ring (bicyclic) bond motifs is 1. The lowest BCUT2D eigenvalue weighted by molar-refractivity contribution is -0.138. The van der Waals surface area contributed by atoms with E-state index in [4.69, 9.17) is 14.5 Å².